The molecule has 2 aliphatic rings. The average Bonchev–Trinajstić information content (AvgIpc) is 2.86. The standard InChI is InChI=1S/C28H33BrF4N4O2/c1-18-25(13-22(14-26(18)29)28(31,32)33)27(39)34-15-21(20-3-5-23(30)6-4-20)7-8-35-16-24(17-35)37-11-9-36(10-12-37)19(2)38/h3-6,13-14,21,24H,7-12,15-17H2,1-2H3,(H,34,39)/t21-/m1/s1. The summed E-state index contributed by atoms with van der Waals surface area (Å²) in [5.41, 5.74) is 0.353. The number of halogens is 5. The van der Waals surface area contributed by atoms with Crippen molar-refractivity contribution in [3.63, 3.8) is 0 Å². The van der Waals surface area contributed by atoms with Crippen molar-refractivity contribution in [1.29, 1.82) is 0 Å². The minimum atomic E-state index is -4.57. The van der Waals surface area contributed by atoms with E-state index >= 15 is 0 Å². The molecule has 39 heavy (non-hydrogen) atoms. The number of rotatable bonds is 8. The van der Waals surface area contributed by atoms with Gasteiger partial charge in [-0.25, -0.2) is 4.39 Å². The van der Waals surface area contributed by atoms with Gasteiger partial charge in [0.15, 0.2) is 0 Å². The summed E-state index contributed by atoms with van der Waals surface area (Å²) in [4.78, 5) is 31.2. The van der Waals surface area contributed by atoms with E-state index in [1.807, 2.05) is 4.90 Å². The summed E-state index contributed by atoms with van der Waals surface area (Å²) in [6, 6.07) is 8.41. The maximum atomic E-state index is 13.6. The second-order valence-electron chi connectivity index (χ2n) is 10.3. The smallest absolute Gasteiger partial charge is 0.351 e. The zero-order chi connectivity index (χ0) is 28.3. The molecule has 2 fully saturated rings. The molecule has 2 amide bonds. The third-order valence-corrected chi connectivity index (χ3v) is 8.60. The van der Waals surface area contributed by atoms with E-state index < -0.39 is 17.6 Å². The number of nitrogens with one attached hydrogen (secondary N) is 1. The van der Waals surface area contributed by atoms with Gasteiger partial charge in [-0.1, -0.05) is 28.1 Å². The molecule has 11 heteroatoms. The van der Waals surface area contributed by atoms with Crippen LogP contribution >= 0.6 is 15.9 Å². The molecule has 0 bridgehead atoms. The Labute approximate surface area is 234 Å². The maximum absolute atomic E-state index is 13.6. The number of amides is 2. The van der Waals surface area contributed by atoms with Crippen molar-refractivity contribution < 1.29 is 27.2 Å². The second kappa shape index (κ2) is 12.3. The Balaban J connectivity index is 1.35. The van der Waals surface area contributed by atoms with Crippen molar-refractivity contribution >= 4 is 27.7 Å². The minimum Gasteiger partial charge on any atom is -0.351 e. The molecule has 0 aliphatic carbocycles. The van der Waals surface area contributed by atoms with Crippen molar-refractivity contribution in [2.24, 2.45) is 0 Å². The minimum absolute atomic E-state index is 0.0370. The highest BCUT2D eigenvalue weighted by molar-refractivity contribution is 9.10. The Hall–Kier alpha value is -2.50. The zero-order valence-corrected chi connectivity index (χ0v) is 23.6. The predicted octanol–water partition coefficient (Wildman–Crippen LogP) is 4.67. The van der Waals surface area contributed by atoms with Crippen LogP contribution in [0.15, 0.2) is 40.9 Å². The first-order valence-electron chi connectivity index (χ1n) is 13.0. The van der Waals surface area contributed by atoms with Crippen molar-refractivity contribution in [3.05, 3.63) is 68.9 Å². The SMILES string of the molecule is CC(=O)N1CCN(C2CN(CC[C@H](CNC(=O)c3cc(C(F)(F)F)cc(Br)c3C)c3ccc(F)cc3)C2)CC1. The molecule has 2 aromatic carbocycles. The summed E-state index contributed by atoms with van der Waals surface area (Å²) in [5, 5.41) is 2.81. The van der Waals surface area contributed by atoms with Gasteiger partial charge in [-0.15, -0.1) is 0 Å². The lowest BCUT2D eigenvalue weighted by Crippen LogP contribution is -2.63. The second-order valence-corrected chi connectivity index (χ2v) is 11.2. The van der Waals surface area contributed by atoms with Crippen molar-refractivity contribution in [3.8, 4) is 0 Å². The molecule has 2 saturated heterocycles. The molecule has 2 aliphatic heterocycles. The summed E-state index contributed by atoms with van der Waals surface area (Å²) in [6.07, 6.45) is -3.88. The number of benzene rings is 2. The normalized spacial score (nSPS) is 18.1. The maximum Gasteiger partial charge on any atom is 0.416 e. The molecule has 2 heterocycles. The van der Waals surface area contributed by atoms with Gasteiger partial charge >= 0.3 is 6.18 Å². The van der Waals surface area contributed by atoms with Crippen molar-refractivity contribution in [2.45, 2.75) is 38.4 Å². The molecule has 6 nitrogen and oxygen atoms in total. The molecule has 0 saturated carbocycles. The van der Waals surface area contributed by atoms with Crippen LogP contribution in [0.2, 0.25) is 0 Å². The first-order valence-corrected chi connectivity index (χ1v) is 13.8. The summed E-state index contributed by atoms with van der Waals surface area (Å²) in [7, 11) is 0. The van der Waals surface area contributed by atoms with E-state index in [-0.39, 0.29) is 34.2 Å². The Morgan fingerprint density at radius 2 is 1.72 bits per heavy atom. The molecule has 212 valence electrons. The van der Waals surface area contributed by atoms with Gasteiger partial charge in [0.1, 0.15) is 5.82 Å². The number of hydrogen-bond donors (Lipinski definition) is 1. The van der Waals surface area contributed by atoms with E-state index in [0.29, 0.717) is 18.0 Å². The van der Waals surface area contributed by atoms with Crippen molar-refractivity contribution in [1.82, 2.24) is 20.0 Å². The number of piperazine rings is 1. The lowest BCUT2D eigenvalue weighted by molar-refractivity contribution is -0.137. The molecular weight excluding hydrogens is 580 g/mol. The van der Waals surface area contributed by atoms with Crippen LogP contribution in [-0.4, -0.2) is 84.9 Å². The summed E-state index contributed by atoms with van der Waals surface area (Å²) in [6.45, 7) is 9.25. The lowest BCUT2D eigenvalue weighted by atomic mass is 9.94. The van der Waals surface area contributed by atoms with E-state index in [2.05, 4.69) is 31.0 Å². The number of carbonyl (C=O) groups is 2. The van der Waals surface area contributed by atoms with E-state index in [1.165, 1.54) is 12.1 Å². The quantitative estimate of drug-likeness (QED) is 0.440. The Morgan fingerprint density at radius 1 is 1.08 bits per heavy atom. The molecular formula is C28H33BrF4N4O2. The first kappa shape index (κ1) is 29.5. The lowest BCUT2D eigenvalue weighted by Gasteiger charge is -2.48. The van der Waals surface area contributed by atoms with Crippen LogP contribution in [0.25, 0.3) is 0 Å². The number of hydrogen-bond acceptors (Lipinski definition) is 4. The van der Waals surface area contributed by atoms with Gasteiger partial charge < -0.3 is 15.1 Å². The fourth-order valence-corrected chi connectivity index (χ4v) is 5.67. The first-order chi connectivity index (χ1) is 18.4. The highest BCUT2D eigenvalue weighted by atomic mass is 79.9. The Morgan fingerprint density at radius 3 is 2.31 bits per heavy atom. The average molecular weight is 613 g/mol. The molecule has 1 N–H and O–H groups in total. The third-order valence-electron chi connectivity index (χ3n) is 7.77. The molecule has 0 radical (unpaired) electrons. The van der Waals surface area contributed by atoms with E-state index in [1.54, 1.807) is 26.0 Å². The van der Waals surface area contributed by atoms with Gasteiger partial charge in [-0.05, 0) is 55.3 Å². The van der Waals surface area contributed by atoms with Crippen LogP contribution in [0, 0.1) is 12.7 Å². The predicted molar refractivity (Wildman–Crippen MR) is 144 cm³/mol. The fraction of sp³-hybridized carbons (Fsp3) is 0.500. The number of likely N-dealkylation sites (tertiary alicyclic amines) is 1. The molecule has 1 atom stereocenters. The van der Waals surface area contributed by atoms with Gasteiger partial charge in [-0.2, -0.15) is 13.2 Å². The van der Waals surface area contributed by atoms with Crippen LogP contribution in [0.1, 0.15) is 46.3 Å². The summed E-state index contributed by atoms with van der Waals surface area (Å²) in [5.74, 6) is -0.969. The highest BCUT2D eigenvalue weighted by Crippen LogP contribution is 2.34. The monoisotopic (exact) mass is 612 g/mol. The van der Waals surface area contributed by atoms with Gasteiger partial charge in [0.05, 0.1) is 5.56 Å². The van der Waals surface area contributed by atoms with Gasteiger partial charge in [0.25, 0.3) is 5.91 Å². The van der Waals surface area contributed by atoms with Crippen LogP contribution < -0.4 is 5.32 Å². The molecule has 0 aromatic heterocycles. The highest BCUT2D eigenvalue weighted by Gasteiger charge is 2.34. The summed E-state index contributed by atoms with van der Waals surface area (Å²) < 4.78 is 53.7. The van der Waals surface area contributed by atoms with E-state index in [9.17, 15) is 27.2 Å². The summed E-state index contributed by atoms with van der Waals surface area (Å²) >= 11 is 3.14. The van der Waals surface area contributed by atoms with Crippen molar-refractivity contribution in [2.75, 3.05) is 52.4 Å². The third kappa shape index (κ3) is 7.37. The Bertz CT molecular complexity index is 1180. The Kier molecular flexibility index (Phi) is 9.33. The topological polar surface area (TPSA) is 55.9 Å². The van der Waals surface area contributed by atoms with Crippen LogP contribution in [0.3, 0.4) is 0 Å². The number of carbonyl (C=O) groups excluding carboxylic acids is 2. The van der Waals surface area contributed by atoms with Crippen LogP contribution in [-0.2, 0) is 11.0 Å². The van der Waals surface area contributed by atoms with Gasteiger partial charge in [0, 0.05) is 74.7 Å². The van der Waals surface area contributed by atoms with Crippen LogP contribution in [0.4, 0.5) is 17.6 Å². The molecule has 2 aromatic rings. The molecule has 0 unspecified atom stereocenters. The molecule has 4 rings (SSSR count). The zero-order valence-electron chi connectivity index (χ0n) is 22.0. The van der Waals surface area contributed by atoms with E-state index in [0.717, 1.165) is 63.5 Å². The number of nitrogens with zero attached hydrogens (tertiary/aromatic N) is 3. The van der Waals surface area contributed by atoms with Crippen LogP contribution in [0.5, 0.6) is 0 Å². The van der Waals surface area contributed by atoms with E-state index in [4.69, 9.17) is 0 Å². The number of alkyl halides is 3. The molecule has 0 spiro atoms. The fourth-order valence-electron chi connectivity index (χ4n) is 5.21. The van der Waals surface area contributed by atoms with Gasteiger partial charge in [-0.3, -0.25) is 14.5 Å². The largest absolute Gasteiger partial charge is 0.416 e. The van der Waals surface area contributed by atoms with Gasteiger partial charge in [0.2, 0.25) is 5.91 Å².